The number of hydrogen-bond donors (Lipinski definition) is 0. The van der Waals surface area contributed by atoms with Crippen molar-refractivity contribution in [2.45, 2.75) is 39.7 Å². The number of aryl methyl sites for hydroxylation is 1. The van der Waals surface area contributed by atoms with Gasteiger partial charge in [0.25, 0.3) is 0 Å². The highest BCUT2D eigenvalue weighted by atomic mass is 19.1. The van der Waals surface area contributed by atoms with Crippen molar-refractivity contribution in [3.63, 3.8) is 0 Å². The first-order valence-corrected chi connectivity index (χ1v) is 12.6. The highest BCUT2D eigenvalue weighted by Crippen LogP contribution is 2.39. The molecule has 1 aliphatic rings. The third kappa shape index (κ3) is 6.10. The zero-order valence-corrected chi connectivity index (χ0v) is 22.6. The molecule has 0 fully saturated rings. The average Bonchev–Trinajstić information content (AvgIpc) is 3.30. The lowest BCUT2D eigenvalue weighted by Gasteiger charge is -2.14. The van der Waals surface area contributed by atoms with E-state index in [1.807, 2.05) is 18.2 Å². The van der Waals surface area contributed by atoms with Crippen LogP contribution in [0.3, 0.4) is 0 Å². The van der Waals surface area contributed by atoms with Crippen LogP contribution in [-0.4, -0.2) is 17.9 Å². The van der Waals surface area contributed by atoms with Gasteiger partial charge in [0.2, 0.25) is 0 Å². The molecule has 1 atom stereocenters. The first kappa shape index (κ1) is 28.2. The summed E-state index contributed by atoms with van der Waals surface area (Å²) in [5, 5.41) is 0. The highest BCUT2D eigenvalue weighted by molar-refractivity contribution is 5.91. The largest absolute Gasteiger partial charge is 0.454 e. The van der Waals surface area contributed by atoms with E-state index < -0.39 is 23.7 Å². The van der Waals surface area contributed by atoms with Crippen LogP contribution in [-0.2, 0) is 25.5 Å². The molecule has 0 saturated carbocycles. The normalized spacial score (nSPS) is 13.7. The van der Waals surface area contributed by atoms with Crippen molar-refractivity contribution >= 4 is 17.9 Å². The van der Waals surface area contributed by atoms with Gasteiger partial charge in [-0.15, -0.1) is 0 Å². The van der Waals surface area contributed by atoms with Gasteiger partial charge in [-0.2, -0.15) is 0 Å². The summed E-state index contributed by atoms with van der Waals surface area (Å²) in [5.41, 5.74) is 4.78. The van der Waals surface area contributed by atoms with Crippen LogP contribution in [0.25, 0.3) is 22.3 Å². The standard InChI is InChI=1S/C33H29FO6/c1-18(2)31(35)38-28-13-10-24-15-23(8-12-26(24)28)25-11-7-21(16-27(25)34)22-9-14-29(39-32(36)19(3)4)30(17-22)40-33(37)20(5)6/h7-9,11-12,14-17,28H,1,3,5,10,13H2,2,4,6H3. The summed E-state index contributed by atoms with van der Waals surface area (Å²) in [6, 6.07) is 15.0. The van der Waals surface area contributed by atoms with Crippen molar-refractivity contribution in [2.24, 2.45) is 0 Å². The SMILES string of the molecule is C=C(C)C(=O)Oc1ccc(-c2ccc(-c3ccc4c(c3)CCC4OC(=O)C(=C)C)c(F)c2)cc1OC(=O)C(=C)C. The van der Waals surface area contributed by atoms with Crippen molar-refractivity contribution in [2.75, 3.05) is 0 Å². The lowest BCUT2D eigenvalue weighted by molar-refractivity contribution is -0.144. The molecule has 6 nitrogen and oxygen atoms in total. The van der Waals surface area contributed by atoms with Gasteiger partial charge in [-0.25, -0.2) is 18.8 Å². The molecular weight excluding hydrogens is 511 g/mol. The molecular formula is C33H29FO6. The number of halogens is 1. The highest BCUT2D eigenvalue weighted by Gasteiger charge is 2.26. The number of carbonyl (C=O) groups is 3. The van der Waals surface area contributed by atoms with Crippen LogP contribution in [0.15, 0.2) is 91.1 Å². The molecule has 1 aliphatic carbocycles. The fourth-order valence-electron chi connectivity index (χ4n) is 4.25. The van der Waals surface area contributed by atoms with Gasteiger partial charge in [0, 0.05) is 22.3 Å². The molecule has 3 aromatic rings. The Morgan fingerprint density at radius 1 is 0.725 bits per heavy atom. The first-order valence-electron chi connectivity index (χ1n) is 12.6. The third-order valence-electron chi connectivity index (χ3n) is 6.42. The Morgan fingerprint density at radius 3 is 1.93 bits per heavy atom. The molecule has 0 bridgehead atoms. The minimum Gasteiger partial charge on any atom is -0.454 e. The Kier molecular flexibility index (Phi) is 8.14. The molecule has 7 heteroatoms. The Hall–Kier alpha value is -4.78. The Labute approximate surface area is 232 Å². The Bertz CT molecular complexity index is 1580. The Balaban J connectivity index is 1.62. The number of hydrogen-bond acceptors (Lipinski definition) is 6. The maximum atomic E-state index is 15.4. The van der Waals surface area contributed by atoms with Crippen LogP contribution in [0, 0.1) is 5.82 Å². The van der Waals surface area contributed by atoms with Gasteiger partial charge in [-0.3, -0.25) is 0 Å². The first-order chi connectivity index (χ1) is 18.9. The molecule has 0 heterocycles. The summed E-state index contributed by atoms with van der Waals surface area (Å²) in [7, 11) is 0. The van der Waals surface area contributed by atoms with Gasteiger partial charge in [-0.05, 0) is 79.6 Å². The predicted molar refractivity (Wildman–Crippen MR) is 150 cm³/mol. The fourth-order valence-corrected chi connectivity index (χ4v) is 4.25. The van der Waals surface area contributed by atoms with Crippen LogP contribution < -0.4 is 9.47 Å². The molecule has 0 spiro atoms. The van der Waals surface area contributed by atoms with Gasteiger partial charge in [0.1, 0.15) is 11.9 Å². The van der Waals surface area contributed by atoms with Crippen LogP contribution in [0.1, 0.15) is 44.4 Å². The second-order valence-electron chi connectivity index (χ2n) is 9.82. The predicted octanol–water partition coefficient (Wildman–Crippen LogP) is 7.23. The van der Waals surface area contributed by atoms with E-state index in [1.54, 1.807) is 25.1 Å². The molecule has 0 N–H and O–H groups in total. The van der Waals surface area contributed by atoms with E-state index in [0.717, 1.165) is 11.1 Å². The molecule has 0 aromatic heterocycles. The smallest absolute Gasteiger partial charge is 0.338 e. The van der Waals surface area contributed by atoms with Crippen molar-refractivity contribution in [1.82, 2.24) is 0 Å². The molecule has 0 radical (unpaired) electrons. The lowest BCUT2D eigenvalue weighted by atomic mass is 9.97. The summed E-state index contributed by atoms with van der Waals surface area (Å²) in [6.45, 7) is 15.4. The number of esters is 3. The topological polar surface area (TPSA) is 78.9 Å². The van der Waals surface area contributed by atoms with E-state index in [4.69, 9.17) is 14.2 Å². The second-order valence-corrected chi connectivity index (χ2v) is 9.82. The van der Waals surface area contributed by atoms with Crippen LogP contribution in [0.2, 0.25) is 0 Å². The summed E-state index contributed by atoms with van der Waals surface area (Å²) in [5.74, 6) is -2.23. The molecule has 0 aliphatic heterocycles. The summed E-state index contributed by atoms with van der Waals surface area (Å²) >= 11 is 0. The number of fused-ring (bicyclic) bond motifs is 1. The third-order valence-corrected chi connectivity index (χ3v) is 6.42. The molecule has 3 aromatic carbocycles. The van der Waals surface area contributed by atoms with E-state index in [1.165, 1.54) is 32.0 Å². The molecule has 1 unspecified atom stereocenters. The maximum absolute atomic E-state index is 15.4. The minimum absolute atomic E-state index is 0.00916. The van der Waals surface area contributed by atoms with Gasteiger partial charge in [0.05, 0.1) is 0 Å². The van der Waals surface area contributed by atoms with E-state index in [-0.39, 0.29) is 28.7 Å². The van der Waals surface area contributed by atoms with Crippen molar-refractivity contribution < 1.29 is 33.0 Å². The summed E-state index contributed by atoms with van der Waals surface area (Å²) in [4.78, 5) is 36.2. The van der Waals surface area contributed by atoms with E-state index in [9.17, 15) is 14.4 Å². The average molecular weight is 541 g/mol. The number of benzene rings is 3. The van der Waals surface area contributed by atoms with Gasteiger partial charge >= 0.3 is 17.9 Å². The van der Waals surface area contributed by atoms with Crippen molar-refractivity contribution in [1.29, 1.82) is 0 Å². The lowest BCUT2D eigenvalue weighted by Crippen LogP contribution is -2.12. The summed E-state index contributed by atoms with van der Waals surface area (Å²) in [6.07, 6.45) is 1.03. The number of ether oxygens (including phenoxy) is 3. The number of rotatable bonds is 8. The second kappa shape index (κ2) is 11.5. The van der Waals surface area contributed by atoms with Crippen LogP contribution in [0.4, 0.5) is 4.39 Å². The molecule has 0 saturated heterocycles. The molecule has 204 valence electrons. The zero-order chi connectivity index (χ0) is 29.1. The van der Waals surface area contributed by atoms with Gasteiger partial charge < -0.3 is 14.2 Å². The van der Waals surface area contributed by atoms with Gasteiger partial charge in [-0.1, -0.05) is 56.1 Å². The summed E-state index contributed by atoms with van der Waals surface area (Å²) < 4.78 is 31.6. The zero-order valence-electron chi connectivity index (χ0n) is 22.6. The van der Waals surface area contributed by atoms with Crippen LogP contribution >= 0.6 is 0 Å². The minimum atomic E-state index is -0.695. The maximum Gasteiger partial charge on any atom is 0.338 e. The van der Waals surface area contributed by atoms with Crippen molar-refractivity contribution in [3.8, 4) is 33.8 Å². The van der Waals surface area contributed by atoms with E-state index in [2.05, 4.69) is 19.7 Å². The van der Waals surface area contributed by atoms with E-state index in [0.29, 0.717) is 40.7 Å². The monoisotopic (exact) mass is 540 g/mol. The molecule has 4 rings (SSSR count). The molecule has 0 amide bonds. The Morgan fingerprint density at radius 2 is 1.30 bits per heavy atom. The van der Waals surface area contributed by atoms with Crippen molar-refractivity contribution in [3.05, 3.63) is 108 Å². The van der Waals surface area contributed by atoms with Crippen LogP contribution in [0.5, 0.6) is 11.5 Å². The van der Waals surface area contributed by atoms with E-state index >= 15 is 4.39 Å². The number of carbonyl (C=O) groups excluding carboxylic acids is 3. The quantitative estimate of drug-likeness (QED) is 0.170. The fraction of sp³-hybridized carbons (Fsp3) is 0.182. The van der Waals surface area contributed by atoms with Gasteiger partial charge in [0.15, 0.2) is 11.5 Å². The molecule has 40 heavy (non-hydrogen) atoms.